The van der Waals surface area contributed by atoms with Crippen molar-refractivity contribution in [3.05, 3.63) is 63.7 Å². The second kappa shape index (κ2) is 9.66. The van der Waals surface area contributed by atoms with E-state index in [1.54, 1.807) is 0 Å². The molecular weight excluding hydrogens is 457 g/mol. The Labute approximate surface area is 183 Å². The standard InChI is InChI=1S/C10H5F3N2O3.C9H10N2O2.ClH/c11-10(12,13)4-1-2-5-6(3-4)14-7(9(17)18)15-8(5)16;10-4-6-1-2-8-7(3-6)11-9(12)5-13-8;/h1-3H,(H,17,18)(H,14,15,16);1-3H,4-5,10H2,(H,11,12);1H. The number of alkyl halides is 3. The number of aromatic carboxylic acids is 1. The Morgan fingerprint density at radius 3 is 2.53 bits per heavy atom. The maximum absolute atomic E-state index is 12.4. The Morgan fingerprint density at radius 1 is 1.19 bits per heavy atom. The maximum Gasteiger partial charge on any atom is 0.416 e. The van der Waals surface area contributed by atoms with Gasteiger partial charge in [0.15, 0.2) is 6.61 Å². The SMILES string of the molecule is Cl.NCc1ccc2c(c1)NC(=O)CO2.O=C(O)c1nc2cc(C(F)(F)F)ccc2c(=O)[nH]1. The molecule has 0 aliphatic carbocycles. The van der Waals surface area contributed by atoms with E-state index < -0.39 is 29.1 Å². The van der Waals surface area contributed by atoms with E-state index in [-0.39, 0.29) is 35.8 Å². The molecule has 0 spiro atoms. The lowest BCUT2D eigenvalue weighted by Gasteiger charge is -2.18. The largest absolute Gasteiger partial charge is 0.482 e. The summed E-state index contributed by atoms with van der Waals surface area (Å²) < 4.78 is 42.5. The molecule has 13 heteroatoms. The zero-order valence-corrected chi connectivity index (χ0v) is 16.8. The van der Waals surface area contributed by atoms with Gasteiger partial charge in [-0.2, -0.15) is 13.2 Å². The third-order valence-electron chi connectivity index (χ3n) is 4.15. The van der Waals surface area contributed by atoms with E-state index in [0.29, 0.717) is 24.0 Å². The molecule has 0 saturated heterocycles. The number of nitrogens with zero attached hydrogens (tertiary/aromatic N) is 1. The Hall–Kier alpha value is -3.64. The van der Waals surface area contributed by atoms with Crippen molar-refractivity contribution in [2.75, 3.05) is 11.9 Å². The molecular formula is C19H16ClF3N4O5. The lowest BCUT2D eigenvalue weighted by Crippen LogP contribution is -2.25. The van der Waals surface area contributed by atoms with Gasteiger partial charge in [-0.3, -0.25) is 9.59 Å². The van der Waals surface area contributed by atoms with Crippen molar-refractivity contribution in [2.24, 2.45) is 5.73 Å². The summed E-state index contributed by atoms with van der Waals surface area (Å²) in [6, 6.07) is 7.85. The summed E-state index contributed by atoms with van der Waals surface area (Å²) in [5, 5.41) is 11.3. The zero-order chi connectivity index (χ0) is 22.8. The summed E-state index contributed by atoms with van der Waals surface area (Å²) in [5.41, 5.74) is 5.04. The van der Waals surface area contributed by atoms with E-state index in [1.165, 1.54) is 0 Å². The first-order chi connectivity index (χ1) is 14.6. The number of hydrogen-bond donors (Lipinski definition) is 4. The van der Waals surface area contributed by atoms with Crippen molar-refractivity contribution < 1.29 is 32.6 Å². The lowest BCUT2D eigenvalue weighted by atomic mass is 10.1. The smallest absolute Gasteiger partial charge is 0.416 e. The molecule has 0 unspecified atom stereocenters. The van der Waals surface area contributed by atoms with Crippen molar-refractivity contribution in [1.29, 1.82) is 0 Å². The van der Waals surface area contributed by atoms with Gasteiger partial charge in [-0.25, -0.2) is 9.78 Å². The van der Waals surface area contributed by atoms with E-state index >= 15 is 0 Å². The van der Waals surface area contributed by atoms with E-state index in [0.717, 1.165) is 17.7 Å². The fraction of sp³-hybridized carbons (Fsp3) is 0.158. The molecule has 32 heavy (non-hydrogen) atoms. The number of aromatic nitrogens is 2. The van der Waals surface area contributed by atoms with E-state index in [2.05, 4.69) is 10.3 Å². The molecule has 4 rings (SSSR count). The van der Waals surface area contributed by atoms with Crippen LogP contribution in [0.1, 0.15) is 21.7 Å². The first-order valence-electron chi connectivity index (χ1n) is 8.68. The molecule has 170 valence electrons. The molecule has 0 saturated carbocycles. The average Bonchev–Trinajstić information content (AvgIpc) is 2.72. The highest BCUT2D eigenvalue weighted by molar-refractivity contribution is 5.95. The number of halogens is 4. The Balaban J connectivity index is 0.000000230. The number of nitrogens with one attached hydrogen (secondary N) is 2. The minimum Gasteiger partial charge on any atom is -0.482 e. The molecule has 1 aliphatic rings. The van der Waals surface area contributed by atoms with Crippen LogP contribution >= 0.6 is 12.4 Å². The normalized spacial score (nSPS) is 12.4. The molecule has 0 fully saturated rings. The molecule has 2 heterocycles. The number of fused-ring (bicyclic) bond motifs is 2. The zero-order valence-electron chi connectivity index (χ0n) is 16.0. The highest BCUT2D eigenvalue weighted by atomic mass is 35.5. The molecule has 5 N–H and O–H groups in total. The second-order valence-corrected chi connectivity index (χ2v) is 6.32. The van der Waals surface area contributed by atoms with Crippen LogP contribution in [0.25, 0.3) is 10.9 Å². The molecule has 1 aliphatic heterocycles. The van der Waals surface area contributed by atoms with Gasteiger partial charge in [0, 0.05) is 6.54 Å². The van der Waals surface area contributed by atoms with Gasteiger partial charge < -0.3 is 25.9 Å². The van der Waals surface area contributed by atoms with Crippen molar-refractivity contribution >= 4 is 40.9 Å². The first-order valence-corrected chi connectivity index (χ1v) is 8.68. The van der Waals surface area contributed by atoms with Crippen LogP contribution < -0.4 is 21.3 Å². The van der Waals surface area contributed by atoms with Crippen LogP contribution in [-0.4, -0.2) is 33.6 Å². The predicted octanol–water partition coefficient (Wildman–Crippen LogP) is 2.54. The molecule has 0 bridgehead atoms. The number of nitrogens with two attached hydrogens (primary N) is 1. The number of carbonyl (C=O) groups is 2. The molecule has 0 radical (unpaired) electrons. The average molecular weight is 473 g/mol. The number of aromatic amines is 1. The van der Waals surface area contributed by atoms with Crippen LogP contribution in [0.4, 0.5) is 18.9 Å². The van der Waals surface area contributed by atoms with Gasteiger partial charge in [-0.15, -0.1) is 12.4 Å². The van der Waals surface area contributed by atoms with Crippen LogP contribution in [-0.2, 0) is 17.5 Å². The quantitative estimate of drug-likeness (QED) is 0.448. The van der Waals surface area contributed by atoms with Crippen LogP contribution in [0, 0.1) is 0 Å². The summed E-state index contributed by atoms with van der Waals surface area (Å²) in [7, 11) is 0. The number of ether oxygens (including phenoxy) is 1. The summed E-state index contributed by atoms with van der Waals surface area (Å²) in [4.78, 5) is 38.4. The van der Waals surface area contributed by atoms with Crippen molar-refractivity contribution in [1.82, 2.24) is 9.97 Å². The number of carbonyl (C=O) groups excluding carboxylic acids is 1. The molecule has 9 nitrogen and oxygen atoms in total. The highest BCUT2D eigenvalue weighted by Gasteiger charge is 2.30. The minimum atomic E-state index is -4.58. The molecule has 3 aromatic rings. The number of hydrogen-bond acceptors (Lipinski definition) is 6. The highest BCUT2D eigenvalue weighted by Crippen LogP contribution is 2.30. The minimum absolute atomic E-state index is 0. The third kappa shape index (κ3) is 5.53. The van der Waals surface area contributed by atoms with E-state index in [4.69, 9.17) is 15.6 Å². The summed E-state index contributed by atoms with van der Waals surface area (Å²) in [6.45, 7) is 0.554. The van der Waals surface area contributed by atoms with E-state index in [1.807, 2.05) is 23.2 Å². The van der Waals surface area contributed by atoms with Gasteiger partial charge in [-0.1, -0.05) is 6.07 Å². The van der Waals surface area contributed by atoms with Crippen molar-refractivity contribution in [3.8, 4) is 5.75 Å². The van der Waals surface area contributed by atoms with Gasteiger partial charge in [0.2, 0.25) is 5.82 Å². The van der Waals surface area contributed by atoms with Crippen LogP contribution in [0.3, 0.4) is 0 Å². The summed E-state index contributed by atoms with van der Waals surface area (Å²) in [5.74, 6) is -1.64. The lowest BCUT2D eigenvalue weighted by molar-refractivity contribution is -0.137. The van der Waals surface area contributed by atoms with Gasteiger partial charge >= 0.3 is 12.1 Å². The summed E-state index contributed by atoms with van der Waals surface area (Å²) in [6.07, 6.45) is -4.58. The number of amides is 1. The van der Waals surface area contributed by atoms with Crippen LogP contribution in [0.5, 0.6) is 5.75 Å². The fourth-order valence-corrected chi connectivity index (χ4v) is 2.67. The van der Waals surface area contributed by atoms with Gasteiger partial charge in [0.05, 0.1) is 22.2 Å². The first kappa shape index (κ1) is 24.6. The van der Waals surface area contributed by atoms with Gasteiger partial charge in [0.1, 0.15) is 5.75 Å². The van der Waals surface area contributed by atoms with Crippen molar-refractivity contribution in [3.63, 3.8) is 0 Å². The Morgan fingerprint density at radius 2 is 1.91 bits per heavy atom. The Kier molecular flexibility index (Phi) is 7.44. The number of carboxylic acid groups (broad SMARTS) is 1. The number of benzene rings is 2. The van der Waals surface area contributed by atoms with Crippen LogP contribution in [0.2, 0.25) is 0 Å². The molecule has 2 aromatic carbocycles. The van der Waals surface area contributed by atoms with Gasteiger partial charge in [-0.05, 0) is 35.9 Å². The van der Waals surface area contributed by atoms with E-state index in [9.17, 15) is 27.6 Å². The topological polar surface area (TPSA) is 147 Å². The third-order valence-corrected chi connectivity index (χ3v) is 4.15. The number of H-pyrrole nitrogens is 1. The monoisotopic (exact) mass is 472 g/mol. The summed E-state index contributed by atoms with van der Waals surface area (Å²) >= 11 is 0. The molecule has 1 aromatic heterocycles. The second-order valence-electron chi connectivity index (χ2n) is 6.32. The Bertz CT molecular complexity index is 1230. The molecule has 0 atom stereocenters. The number of anilines is 1. The molecule has 1 amide bonds. The van der Waals surface area contributed by atoms with Crippen LogP contribution in [0.15, 0.2) is 41.2 Å². The van der Waals surface area contributed by atoms with Crippen molar-refractivity contribution in [2.45, 2.75) is 12.7 Å². The fourth-order valence-electron chi connectivity index (χ4n) is 2.67. The number of carboxylic acids is 1. The number of rotatable bonds is 2. The van der Waals surface area contributed by atoms with Gasteiger partial charge in [0.25, 0.3) is 11.5 Å². The maximum atomic E-state index is 12.4. The predicted molar refractivity (Wildman–Crippen MR) is 110 cm³/mol.